The Bertz CT molecular complexity index is 185. The number of hydrogen-bond donors (Lipinski definition) is 1. The highest BCUT2D eigenvalue weighted by molar-refractivity contribution is 5.63. The number of morpholine rings is 1. The molecule has 4 nitrogen and oxygen atoms in total. The van der Waals surface area contributed by atoms with Crippen LogP contribution in [-0.2, 0) is 4.74 Å². The molecule has 0 spiro atoms. The van der Waals surface area contributed by atoms with E-state index in [4.69, 9.17) is 4.74 Å². The summed E-state index contributed by atoms with van der Waals surface area (Å²) in [6, 6.07) is 0.0187. The van der Waals surface area contributed by atoms with Crippen LogP contribution in [0.25, 0.3) is 0 Å². The molecule has 0 aromatic carbocycles. The van der Waals surface area contributed by atoms with E-state index in [1.165, 1.54) is 5.32 Å². The average molecular weight is 200 g/mol. The Morgan fingerprint density at radius 1 is 1.43 bits per heavy atom. The number of amides is 2. The molecule has 2 N–H and O–H groups in total. The normalized spacial score (nSPS) is 27.8. The number of rotatable bonds is 2. The molecule has 0 aromatic rings. The molecule has 0 bridgehead atoms. The lowest BCUT2D eigenvalue weighted by Gasteiger charge is -2.36. The standard InChI is InChI=1S/C10H20N2O2/c1-4-8-6-12(10(13)11-3)7-9(5-2)14-8/h8-9H,3-7,11H2,1-2H3. The Kier molecular flexibility index (Phi) is 4.35. The van der Waals surface area contributed by atoms with E-state index >= 15 is 0 Å². The number of nitrogens with zero attached hydrogens (tertiary/aromatic N) is 1. The molecule has 14 heavy (non-hydrogen) atoms. The SMILES string of the molecule is [CH2-][NH2+]C(=O)N1CC(CC)OC(CC)C1. The Labute approximate surface area is 85.6 Å². The first kappa shape index (κ1) is 11.5. The maximum absolute atomic E-state index is 11.4. The molecule has 1 rings (SSSR count). The number of nitrogens with two attached hydrogens (primary N) is 1. The van der Waals surface area contributed by atoms with Crippen molar-refractivity contribution in [2.24, 2.45) is 0 Å². The van der Waals surface area contributed by atoms with Gasteiger partial charge in [0.1, 0.15) is 0 Å². The van der Waals surface area contributed by atoms with Crippen molar-refractivity contribution < 1.29 is 14.8 Å². The van der Waals surface area contributed by atoms with Gasteiger partial charge >= 0.3 is 6.03 Å². The van der Waals surface area contributed by atoms with Gasteiger partial charge in [0, 0.05) is 0 Å². The van der Waals surface area contributed by atoms with Crippen molar-refractivity contribution in [2.45, 2.75) is 38.9 Å². The van der Waals surface area contributed by atoms with Gasteiger partial charge < -0.3 is 10.1 Å². The van der Waals surface area contributed by atoms with Crippen LogP contribution in [0.5, 0.6) is 0 Å². The van der Waals surface area contributed by atoms with Gasteiger partial charge in [-0.2, -0.15) is 0 Å². The Morgan fingerprint density at radius 3 is 2.29 bits per heavy atom. The first-order valence-electron chi connectivity index (χ1n) is 5.28. The molecule has 1 aliphatic heterocycles. The molecule has 4 heteroatoms. The van der Waals surface area contributed by atoms with Crippen molar-refractivity contribution >= 4 is 6.03 Å². The van der Waals surface area contributed by atoms with Gasteiger partial charge in [0.25, 0.3) is 0 Å². The van der Waals surface area contributed by atoms with E-state index in [1.807, 2.05) is 4.90 Å². The van der Waals surface area contributed by atoms with E-state index in [1.54, 1.807) is 0 Å². The number of carbonyl (C=O) groups is 1. The Hall–Kier alpha value is -0.610. The van der Waals surface area contributed by atoms with Crippen molar-refractivity contribution in [3.05, 3.63) is 7.05 Å². The van der Waals surface area contributed by atoms with Crippen LogP contribution >= 0.6 is 0 Å². The second-order valence-electron chi connectivity index (χ2n) is 3.64. The van der Waals surface area contributed by atoms with Crippen LogP contribution in [0.2, 0.25) is 0 Å². The summed E-state index contributed by atoms with van der Waals surface area (Å²) in [6.07, 6.45) is 2.30. The number of ether oxygens (including phenoxy) is 1. The van der Waals surface area contributed by atoms with Gasteiger partial charge in [0.2, 0.25) is 0 Å². The zero-order valence-electron chi connectivity index (χ0n) is 9.03. The fourth-order valence-corrected chi connectivity index (χ4v) is 1.68. The van der Waals surface area contributed by atoms with Gasteiger partial charge in [-0.25, -0.2) is 4.79 Å². The molecule has 0 aliphatic carbocycles. The molecule has 1 aliphatic rings. The minimum absolute atomic E-state index is 0.0187. The largest absolute Gasteiger partial charge is 0.395 e. The van der Waals surface area contributed by atoms with Crippen LogP contribution in [0, 0.1) is 7.05 Å². The Balaban J connectivity index is 2.55. The lowest BCUT2D eigenvalue weighted by atomic mass is 10.1. The number of primary amides is 1. The van der Waals surface area contributed by atoms with Gasteiger partial charge in [0.15, 0.2) is 0 Å². The molecule has 2 unspecified atom stereocenters. The van der Waals surface area contributed by atoms with Crippen LogP contribution in [0.4, 0.5) is 4.79 Å². The van der Waals surface area contributed by atoms with Crippen LogP contribution in [0.15, 0.2) is 0 Å². The van der Waals surface area contributed by atoms with E-state index in [2.05, 4.69) is 20.9 Å². The summed E-state index contributed by atoms with van der Waals surface area (Å²) in [6.45, 7) is 5.58. The monoisotopic (exact) mass is 200 g/mol. The van der Waals surface area contributed by atoms with Crippen LogP contribution < -0.4 is 5.32 Å². The molecule has 0 radical (unpaired) electrons. The lowest BCUT2D eigenvalue weighted by Crippen LogP contribution is -2.85. The van der Waals surface area contributed by atoms with E-state index in [0.717, 1.165) is 12.8 Å². The molecule has 0 saturated carbocycles. The van der Waals surface area contributed by atoms with Gasteiger partial charge in [-0.3, -0.25) is 4.90 Å². The van der Waals surface area contributed by atoms with Crippen molar-refractivity contribution in [2.75, 3.05) is 13.1 Å². The summed E-state index contributed by atoms with van der Waals surface area (Å²) >= 11 is 0. The minimum atomic E-state index is 0.0187. The highest BCUT2D eigenvalue weighted by Crippen LogP contribution is 2.15. The molecular weight excluding hydrogens is 180 g/mol. The number of hydrogen-bond acceptors (Lipinski definition) is 2. The topological polar surface area (TPSA) is 46.2 Å². The maximum Gasteiger partial charge on any atom is 0.389 e. The van der Waals surface area contributed by atoms with Gasteiger partial charge in [-0.1, -0.05) is 13.8 Å². The smallest absolute Gasteiger partial charge is 0.389 e. The predicted molar refractivity (Wildman–Crippen MR) is 53.5 cm³/mol. The van der Waals surface area contributed by atoms with E-state index in [9.17, 15) is 4.79 Å². The molecule has 1 heterocycles. The molecule has 2 amide bonds. The molecule has 2 atom stereocenters. The average Bonchev–Trinajstić information content (AvgIpc) is 2.27. The lowest BCUT2D eigenvalue weighted by molar-refractivity contribution is -0.499. The van der Waals surface area contributed by atoms with Crippen molar-refractivity contribution in [1.29, 1.82) is 0 Å². The molecule has 1 saturated heterocycles. The highest BCUT2D eigenvalue weighted by atomic mass is 16.5. The third kappa shape index (κ3) is 2.69. The van der Waals surface area contributed by atoms with Gasteiger partial charge in [0.05, 0.1) is 25.3 Å². The minimum Gasteiger partial charge on any atom is -0.395 e. The highest BCUT2D eigenvalue weighted by Gasteiger charge is 2.29. The first-order chi connectivity index (χ1) is 6.71. The quantitative estimate of drug-likeness (QED) is 0.654. The molecule has 82 valence electrons. The summed E-state index contributed by atoms with van der Waals surface area (Å²) in [4.78, 5) is 13.3. The fraction of sp³-hybridized carbons (Fsp3) is 0.800. The molecule has 1 fully saturated rings. The third-order valence-corrected chi connectivity index (χ3v) is 2.63. The van der Waals surface area contributed by atoms with E-state index < -0.39 is 0 Å². The van der Waals surface area contributed by atoms with Crippen LogP contribution in [-0.4, -0.2) is 36.2 Å². The second kappa shape index (κ2) is 5.32. The van der Waals surface area contributed by atoms with Gasteiger partial charge in [-0.05, 0) is 12.8 Å². The van der Waals surface area contributed by atoms with Crippen LogP contribution in [0.1, 0.15) is 26.7 Å². The van der Waals surface area contributed by atoms with Crippen molar-refractivity contribution in [1.82, 2.24) is 4.90 Å². The van der Waals surface area contributed by atoms with E-state index in [-0.39, 0.29) is 18.2 Å². The van der Waals surface area contributed by atoms with Gasteiger partial charge in [-0.15, -0.1) is 7.05 Å². The number of carbonyl (C=O) groups excluding carboxylic acids is 1. The van der Waals surface area contributed by atoms with E-state index in [0.29, 0.717) is 13.1 Å². The van der Waals surface area contributed by atoms with Crippen molar-refractivity contribution in [3.8, 4) is 0 Å². The molecule has 0 aromatic heterocycles. The fourth-order valence-electron chi connectivity index (χ4n) is 1.68. The summed E-state index contributed by atoms with van der Waals surface area (Å²) in [7, 11) is 3.51. The second-order valence-corrected chi connectivity index (χ2v) is 3.64. The predicted octanol–water partition coefficient (Wildman–Crippen LogP) is 0.351. The van der Waals surface area contributed by atoms with Crippen molar-refractivity contribution in [3.63, 3.8) is 0 Å². The zero-order valence-corrected chi connectivity index (χ0v) is 9.03. The number of urea groups is 1. The first-order valence-corrected chi connectivity index (χ1v) is 5.28. The summed E-state index contributed by atoms with van der Waals surface area (Å²) in [5.74, 6) is 0. The maximum atomic E-state index is 11.4. The Morgan fingerprint density at radius 2 is 1.93 bits per heavy atom. The zero-order chi connectivity index (χ0) is 10.6. The summed E-state index contributed by atoms with van der Waals surface area (Å²) in [5, 5.41) is 1.38. The summed E-state index contributed by atoms with van der Waals surface area (Å²) < 4.78 is 5.78. The summed E-state index contributed by atoms with van der Waals surface area (Å²) in [5.41, 5.74) is 0. The number of quaternary nitrogens is 1. The third-order valence-electron chi connectivity index (χ3n) is 2.63. The van der Waals surface area contributed by atoms with Crippen LogP contribution in [0.3, 0.4) is 0 Å². The molecular formula is C10H20N2O2.